The number of aryl methyl sites for hydroxylation is 2. The number of carbonyl (C=O) groups excluding carboxylic acids is 2. The zero-order valence-electron chi connectivity index (χ0n) is 34.7. The number of esters is 2. The Morgan fingerprint density at radius 2 is 1.53 bits per heavy atom. The first-order chi connectivity index (χ1) is 28.4. The lowest BCUT2D eigenvalue weighted by atomic mass is 9.86. The molecule has 0 radical (unpaired) electrons. The van der Waals surface area contributed by atoms with E-state index < -0.39 is 42.0 Å². The molecule has 9 heteroatoms. The number of benzene rings is 4. The lowest BCUT2D eigenvalue weighted by molar-refractivity contribution is -0.188. The number of rotatable bonds is 9. The summed E-state index contributed by atoms with van der Waals surface area (Å²) in [5.41, 5.74) is 6.48. The van der Waals surface area contributed by atoms with Gasteiger partial charge in [0.25, 0.3) is 0 Å². The predicted octanol–water partition coefficient (Wildman–Crippen LogP) is 8.90. The number of fused-ring (bicyclic) bond motifs is 13. The summed E-state index contributed by atoms with van der Waals surface area (Å²) in [5, 5.41) is 11.0. The average molecular weight is 799 g/mol. The van der Waals surface area contributed by atoms with E-state index in [1.807, 2.05) is 19.9 Å². The van der Waals surface area contributed by atoms with E-state index in [2.05, 4.69) is 72.8 Å². The zero-order valence-corrected chi connectivity index (χ0v) is 34.7. The van der Waals surface area contributed by atoms with Gasteiger partial charge in [0, 0.05) is 36.5 Å². The smallest absolute Gasteiger partial charge is 0.339 e. The van der Waals surface area contributed by atoms with Gasteiger partial charge in [0.05, 0.1) is 18.8 Å². The van der Waals surface area contributed by atoms with Gasteiger partial charge in [-0.25, -0.2) is 9.59 Å². The van der Waals surface area contributed by atoms with Crippen molar-refractivity contribution in [2.24, 2.45) is 5.92 Å². The molecule has 59 heavy (non-hydrogen) atoms. The summed E-state index contributed by atoms with van der Waals surface area (Å²) in [6.45, 7) is 7.16. The first-order valence-corrected chi connectivity index (χ1v) is 20.6. The monoisotopic (exact) mass is 798 g/mol. The Kier molecular flexibility index (Phi) is 12.8. The normalized spacial score (nSPS) is 19.4. The topological polar surface area (TPSA) is 122 Å². The maximum absolute atomic E-state index is 14.5. The predicted molar refractivity (Wildman–Crippen MR) is 226 cm³/mol. The largest absolute Gasteiger partial charge is 0.483 e. The molecule has 0 aliphatic carbocycles. The second-order valence-corrected chi connectivity index (χ2v) is 16.6. The molecule has 3 aliphatic rings. The summed E-state index contributed by atoms with van der Waals surface area (Å²) in [5.74, 6) is -0.772. The van der Waals surface area contributed by atoms with Crippen LogP contribution in [-0.4, -0.2) is 42.5 Å². The van der Waals surface area contributed by atoms with Gasteiger partial charge in [0.1, 0.15) is 16.9 Å². The molecule has 1 N–H and O–H groups in total. The van der Waals surface area contributed by atoms with Crippen molar-refractivity contribution < 1.29 is 38.1 Å². The van der Waals surface area contributed by atoms with E-state index in [-0.39, 0.29) is 36.5 Å². The van der Waals surface area contributed by atoms with Crippen LogP contribution in [0.2, 0.25) is 0 Å². The van der Waals surface area contributed by atoms with Gasteiger partial charge in [-0.1, -0.05) is 84.4 Å². The Morgan fingerprint density at radius 3 is 2.25 bits per heavy atom. The molecule has 4 aromatic carbocycles. The lowest BCUT2D eigenvalue weighted by Crippen LogP contribution is -2.52. The van der Waals surface area contributed by atoms with Crippen molar-refractivity contribution >= 4 is 22.9 Å². The van der Waals surface area contributed by atoms with Crippen molar-refractivity contribution in [2.75, 3.05) is 13.7 Å². The molecule has 1 aromatic heterocycles. The molecule has 308 valence electrons. The van der Waals surface area contributed by atoms with E-state index in [1.54, 1.807) is 26.0 Å². The number of carbonyl (C=O) groups is 2. The van der Waals surface area contributed by atoms with E-state index in [0.717, 1.165) is 36.0 Å². The molecule has 0 spiro atoms. The fourth-order valence-corrected chi connectivity index (χ4v) is 8.53. The van der Waals surface area contributed by atoms with Crippen molar-refractivity contribution in [3.63, 3.8) is 0 Å². The maximum atomic E-state index is 14.5. The van der Waals surface area contributed by atoms with Crippen molar-refractivity contribution in [1.29, 1.82) is 0 Å². The van der Waals surface area contributed by atoms with Crippen molar-refractivity contribution in [3.8, 4) is 5.75 Å². The number of allylic oxidation sites excluding steroid dienone is 1. The minimum atomic E-state index is -1.20. The fraction of sp³-hybridized carbons (Fsp3) is 0.380. The van der Waals surface area contributed by atoms with Crippen LogP contribution in [0.4, 0.5) is 0 Å². The highest BCUT2D eigenvalue weighted by Crippen LogP contribution is 2.47. The Bertz CT molecular complexity index is 2390. The molecular weight excluding hydrogens is 745 g/mol. The van der Waals surface area contributed by atoms with Crippen molar-refractivity contribution in [3.05, 3.63) is 157 Å². The van der Waals surface area contributed by atoms with Crippen LogP contribution in [0.25, 0.3) is 11.0 Å². The molecule has 3 atom stereocenters. The standard InChI is InChI=1S/C50H54O9/c1-31(2)38-21-20-32-14-16-35(17-15-32)28-37(19-18-34-12-9-13-36(27-34)26-33-10-7-6-8-11-33)29-43(52)56-46-44-42(59-50(3,4)47(46)58-48(38)53)23-22-39-41(30-51)40(24-25-55-5)49(54)57-45(39)44/h6-17,22-23,27,37,46-47,51H,18-21,24-26,28-30H2,1-5H3/t37-,46+,47+/m1/s1. The van der Waals surface area contributed by atoms with Crippen molar-refractivity contribution in [2.45, 2.75) is 103 Å². The van der Waals surface area contributed by atoms with Gasteiger partial charge in [-0.3, -0.25) is 4.79 Å². The van der Waals surface area contributed by atoms with E-state index in [0.29, 0.717) is 47.1 Å². The molecule has 5 aromatic rings. The first-order valence-electron chi connectivity index (χ1n) is 20.6. The third kappa shape index (κ3) is 9.53. The minimum Gasteiger partial charge on any atom is -0.483 e. The summed E-state index contributed by atoms with van der Waals surface area (Å²) in [6.07, 6.45) is 2.08. The fourth-order valence-electron chi connectivity index (χ4n) is 8.53. The van der Waals surface area contributed by atoms with Crippen LogP contribution in [0, 0.1) is 5.92 Å². The highest BCUT2D eigenvalue weighted by Gasteiger charge is 2.50. The van der Waals surface area contributed by atoms with E-state index in [4.69, 9.17) is 23.4 Å². The van der Waals surface area contributed by atoms with E-state index in [1.165, 1.54) is 23.8 Å². The molecule has 0 unspecified atom stereocenters. The number of hydrogen-bond acceptors (Lipinski definition) is 9. The summed E-state index contributed by atoms with van der Waals surface area (Å²) in [4.78, 5) is 42.3. The highest BCUT2D eigenvalue weighted by atomic mass is 16.6. The Morgan fingerprint density at radius 1 is 0.797 bits per heavy atom. The number of aliphatic hydroxyl groups is 1. The second-order valence-electron chi connectivity index (χ2n) is 16.6. The Labute approximate surface area is 346 Å². The van der Waals surface area contributed by atoms with Gasteiger partial charge in [-0.2, -0.15) is 0 Å². The third-order valence-corrected chi connectivity index (χ3v) is 11.7. The van der Waals surface area contributed by atoms with E-state index >= 15 is 0 Å². The van der Waals surface area contributed by atoms with Gasteiger partial charge in [0.2, 0.25) is 0 Å². The SMILES string of the molecule is COCCc1c(CO)c2ccc3c(c2oc1=O)[C@@H]1OC(=O)C[C@H](CCc2cccc(Cc4ccccc4)c2)Cc2ccc(cc2)CCC(=C(C)C)C(=O)O[C@@H]1C(C)(C)O3. The van der Waals surface area contributed by atoms with Crippen LogP contribution in [0.5, 0.6) is 5.75 Å². The number of aliphatic hydroxyl groups excluding tert-OH is 1. The molecule has 4 heterocycles. The van der Waals surface area contributed by atoms with Crippen molar-refractivity contribution in [1.82, 2.24) is 0 Å². The summed E-state index contributed by atoms with van der Waals surface area (Å²) < 4.78 is 30.7. The van der Waals surface area contributed by atoms with Crippen LogP contribution in [0.1, 0.15) is 97.6 Å². The number of methoxy groups -OCH3 is 1. The van der Waals surface area contributed by atoms with Gasteiger partial charge in [0.15, 0.2) is 12.2 Å². The minimum absolute atomic E-state index is 0.0839. The highest BCUT2D eigenvalue weighted by molar-refractivity contribution is 5.90. The molecule has 8 rings (SSSR count). The maximum Gasteiger partial charge on any atom is 0.339 e. The Balaban J connectivity index is 1.28. The summed E-state index contributed by atoms with van der Waals surface area (Å²) >= 11 is 0. The second kappa shape index (κ2) is 18.2. The molecule has 9 nitrogen and oxygen atoms in total. The quantitative estimate of drug-likeness (QED) is 0.0886. The number of ether oxygens (including phenoxy) is 4. The van der Waals surface area contributed by atoms with Crippen LogP contribution >= 0.6 is 0 Å². The van der Waals surface area contributed by atoms with E-state index in [9.17, 15) is 19.5 Å². The van der Waals surface area contributed by atoms with Crippen LogP contribution in [-0.2, 0) is 62.5 Å². The first kappa shape index (κ1) is 41.6. The molecule has 3 aliphatic heterocycles. The third-order valence-electron chi connectivity index (χ3n) is 11.7. The molecule has 2 bridgehead atoms. The molecule has 0 amide bonds. The Hall–Kier alpha value is -5.51. The van der Waals surface area contributed by atoms with Gasteiger partial charge in [-0.05, 0) is 118 Å². The van der Waals surface area contributed by atoms with Gasteiger partial charge in [-0.15, -0.1) is 0 Å². The van der Waals surface area contributed by atoms with Gasteiger partial charge >= 0.3 is 17.6 Å². The molecule has 0 fully saturated rings. The zero-order chi connectivity index (χ0) is 41.7. The lowest BCUT2D eigenvalue weighted by Gasteiger charge is -2.43. The summed E-state index contributed by atoms with van der Waals surface area (Å²) in [7, 11) is 1.54. The van der Waals surface area contributed by atoms with Crippen LogP contribution < -0.4 is 10.4 Å². The van der Waals surface area contributed by atoms with Crippen LogP contribution in [0.15, 0.2) is 111 Å². The molecule has 0 saturated carbocycles. The van der Waals surface area contributed by atoms with Gasteiger partial charge < -0.3 is 28.5 Å². The van der Waals surface area contributed by atoms with Crippen LogP contribution in [0.3, 0.4) is 0 Å². The molecule has 0 saturated heterocycles. The average Bonchev–Trinajstić information content (AvgIpc) is 3.20. The number of hydrogen-bond donors (Lipinski definition) is 1. The molecular formula is C50H54O9. The summed E-state index contributed by atoms with van der Waals surface area (Å²) in [6, 6.07) is 30.9.